The third-order valence-electron chi connectivity index (χ3n) is 3.14. The fourth-order valence-electron chi connectivity index (χ4n) is 2.09. The van der Waals surface area contributed by atoms with E-state index in [2.05, 4.69) is 10.0 Å². The zero-order valence-electron chi connectivity index (χ0n) is 10.3. The molecule has 4 nitrogen and oxygen atoms in total. The van der Waals surface area contributed by atoms with Gasteiger partial charge in [0.25, 0.3) is 0 Å². The summed E-state index contributed by atoms with van der Waals surface area (Å²) in [6, 6.07) is 3.50. The van der Waals surface area contributed by atoms with E-state index in [-0.39, 0.29) is 10.9 Å². The van der Waals surface area contributed by atoms with E-state index in [1.54, 1.807) is 0 Å². The number of piperidine rings is 1. The SMILES string of the molecule is O=S(=O)(NCC1CCCNC1)c1cc(Cl)ccc1F. The third kappa shape index (κ3) is 3.89. The molecule has 1 fully saturated rings. The van der Waals surface area contributed by atoms with E-state index in [9.17, 15) is 12.8 Å². The smallest absolute Gasteiger partial charge is 0.243 e. The fourth-order valence-corrected chi connectivity index (χ4v) is 3.54. The van der Waals surface area contributed by atoms with Crippen molar-refractivity contribution in [1.82, 2.24) is 10.0 Å². The predicted molar refractivity (Wildman–Crippen MR) is 72.2 cm³/mol. The van der Waals surface area contributed by atoms with Crippen molar-refractivity contribution in [2.24, 2.45) is 5.92 Å². The molecular formula is C12H16ClFN2O2S. The van der Waals surface area contributed by atoms with Crippen LogP contribution in [0.4, 0.5) is 4.39 Å². The van der Waals surface area contributed by atoms with Gasteiger partial charge in [-0.25, -0.2) is 17.5 Å². The topological polar surface area (TPSA) is 58.2 Å². The van der Waals surface area contributed by atoms with Crippen molar-refractivity contribution >= 4 is 21.6 Å². The van der Waals surface area contributed by atoms with E-state index in [0.29, 0.717) is 6.54 Å². The van der Waals surface area contributed by atoms with Crippen molar-refractivity contribution in [3.05, 3.63) is 29.0 Å². The maximum Gasteiger partial charge on any atom is 0.243 e. The van der Waals surface area contributed by atoms with Crippen molar-refractivity contribution in [1.29, 1.82) is 0 Å². The maximum absolute atomic E-state index is 13.5. The first kappa shape index (κ1) is 14.7. The summed E-state index contributed by atoms with van der Waals surface area (Å²) in [6.07, 6.45) is 1.99. The second-order valence-corrected chi connectivity index (χ2v) is 6.81. The van der Waals surface area contributed by atoms with Crippen LogP contribution in [0.15, 0.2) is 23.1 Å². The number of sulfonamides is 1. The first-order chi connectivity index (χ1) is 8.99. The van der Waals surface area contributed by atoms with Crippen LogP contribution in [-0.2, 0) is 10.0 Å². The number of hydrogen-bond acceptors (Lipinski definition) is 3. The summed E-state index contributed by atoms with van der Waals surface area (Å²) in [5, 5.41) is 3.40. The van der Waals surface area contributed by atoms with Gasteiger partial charge in [-0.1, -0.05) is 11.6 Å². The Bertz CT molecular complexity index is 545. The van der Waals surface area contributed by atoms with E-state index < -0.39 is 20.7 Å². The van der Waals surface area contributed by atoms with Crippen molar-refractivity contribution < 1.29 is 12.8 Å². The molecule has 0 spiro atoms. The van der Waals surface area contributed by atoms with Gasteiger partial charge in [0, 0.05) is 11.6 Å². The lowest BCUT2D eigenvalue weighted by Gasteiger charge is -2.22. The quantitative estimate of drug-likeness (QED) is 0.891. The number of hydrogen-bond donors (Lipinski definition) is 2. The van der Waals surface area contributed by atoms with E-state index in [1.165, 1.54) is 6.07 Å². The van der Waals surface area contributed by atoms with Crippen LogP contribution in [0, 0.1) is 11.7 Å². The van der Waals surface area contributed by atoms with Crippen LogP contribution in [-0.4, -0.2) is 28.1 Å². The molecule has 0 aromatic heterocycles. The summed E-state index contributed by atoms with van der Waals surface area (Å²) in [6.45, 7) is 2.05. The first-order valence-electron chi connectivity index (χ1n) is 6.14. The summed E-state index contributed by atoms with van der Waals surface area (Å²) in [4.78, 5) is -0.399. The van der Waals surface area contributed by atoms with E-state index in [4.69, 9.17) is 11.6 Å². The Labute approximate surface area is 117 Å². The molecule has 0 radical (unpaired) electrons. The van der Waals surface area contributed by atoms with Crippen molar-refractivity contribution in [2.45, 2.75) is 17.7 Å². The highest BCUT2D eigenvalue weighted by atomic mass is 35.5. The number of nitrogens with one attached hydrogen (secondary N) is 2. The monoisotopic (exact) mass is 306 g/mol. The summed E-state index contributed by atoms with van der Waals surface area (Å²) >= 11 is 5.70. The number of halogens is 2. The largest absolute Gasteiger partial charge is 0.316 e. The zero-order chi connectivity index (χ0) is 13.9. The van der Waals surface area contributed by atoms with Gasteiger partial charge < -0.3 is 5.32 Å². The second-order valence-electron chi connectivity index (χ2n) is 4.64. The second kappa shape index (κ2) is 6.17. The minimum Gasteiger partial charge on any atom is -0.316 e. The molecule has 7 heteroatoms. The molecule has 1 heterocycles. The van der Waals surface area contributed by atoms with Crippen LogP contribution < -0.4 is 10.0 Å². The molecule has 0 saturated carbocycles. The Balaban J connectivity index is 2.07. The average molecular weight is 307 g/mol. The molecule has 1 atom stereocenters. The number of rotatable bonds is 4. The van der Waals surface area contributed by atoms with Crippen molar-refractivity contribution in [3.63, 3.8) is 0 Å². The van der Waals surface area contributed by atoms with Crippen molar-refractivity contribution in [3.8, 4) is 0 Å². The molecule has 0 aliphatic carbocycles. The molecule has 0 amide bonds. The lowest BCUT2D eigenvalue weighted by atomic mass is 10.0. The molecule has 19 heavy (non-hydrogen) atoms. The summed E-state index contributed by atoms with van der Waals surface area (Å²) < 4.78 is 40.0. The van der Waals surface area contributed by atoms with E-state index >= 15 is 0 Å². The Morgan fingerprint density at radius 3 is 2.95 bits per heavy atom. The van der Waals surface area contributed by atoms with Crippen LogP contribution in [0.5, 0.6) is 0 Å². The molecule has 0 bridgehead atoms. The zero-order valence-corrected chi connectivity index (χ0v) is 11.9. The highest BCUT2D eigenvalue weighted by molar-refractivity contribution is 7.89. The molecule has 1 aliphatic heterocycles. The standard InChI is InChI=1S/C12H16ClFN2O2S/c13-10-3-4-11(14)12(6-10)19(17,18)16-8-9-2-1-5-15-7-9/h3-4,6,9,15-16H,1-2,5,7-8H2. The maximum atomic E-state index is 13.5. The van der Waals surface area contributed by atoms with Crippen LogP contribution in [0.3, 0.4) is 0 Å². The normalized spacial score (nSPS) is 20.4. The minimum absolute atomic E-state index is 0.195. The van der Waals surface area contributed by atoms with Gasteiger partial charge >= 0.3 is 0 Å². The van der Waals surface area contributed by atoms with Crippen LogP contribution in [0.2, 0.25) is 5.02 Å². The Morgan fingerprint density at radius 2 is 2.26 bits per heavy atom. The molecule has 106 valence electrons. The average Bonchev–Trinajstić information content (AvgIpc) is 2.40. The van der Waals surface area contributed by atoms with Gasteiger partial charge in [0.05, 0.1) is 0 Å². The van der Waals surface area contributed by atoms with Crippen LogP contribution in [0.1, 0.15) is 12.8 Å². The minimum atomic E-state index is -3.85. The van der Waals surface area contributed by atoms with E-state index in [1.807, 2.05) is 0 Å². The molecule has 2 rings (SSSR count). The molecule has 1 aromatic rings. The molecule has 1 aromatic carbocycles. The van der Waals surface area contributed by atoms with Gasteiger partial charge in [0.15, 0.2) is 0 Å². The molecule has 1 unspecified atom stereocenters. The fraction of sp³-hybridized carbons (Fsp3) is 0.500. The van der Waals surface area contributed by atoms with Gasteiger partial charge in [-0.15, -0.1) is 0 Å². The van der Waals surface area contributed by atoms with Gasteiger partial charge in [-0.05, 0) is 50.0 Å². The molecule has 1 saturated heterocycles. The van der Waals surface area contributed by atoms with Crippen LogP contribution in [0.25, 0.3) is 0 Å². The van der Waals surface area contributed by atoms with Gasteiger partial charge in [0.2, 0.25) is 10.0 Å². The number of benzene rings is 1. The molecule has 1 aliphatic rings. The predicted octanol–water partition coefficient (Wildman–Crippen LogP) is 1.76. The first-order valence-corrected chi connectivity index (χ1v) is 8.00. The Hall–Kier alpha value is -0.690. The van der Waals surface area contributed by atoms with Gasteiger partial charge in [-0.3, -0.25) is 0 Å². The van der Waals surface area contributed by atoms with Crippen molar-refractivity contribution in [2.75, 3.05) is 19.6 Å². The molecular weight excluding hydrogens is 291 g/mol. The lowest BCUT2D eigenvalue weighted by molar-refractivity contribution is 0.375. The van der Waals surface area contributed by atoms with Crippen LogP contribution >= 0.6 is 11.6 Å². The summed E-state index contributed by atoms with van der Waals surface area (Å²) in [5.41, 5.74) is 0. The summed E-state index contributed by atoms with van der Waals surface area (Å²) in [5.74, 6) is -0.551. The van der Waals surface area contributed by atoms with Gasteiger partial charge in [-0.2, -0.15) is 0 Å². The lowest BCUT2D eigenvalue weighted by Crippen LogP contribution is -2.38. The van der Waals surface area contributed by atoms with E-state index in [0.717, 1.165) is 38.1 Å². The highest BCUT2D eigenvalue weighted by Crippen LogP contribution is 2.20. The Kier molecular flexibility index (Phi) is 4.78. The molecule has 2 N–H and O–H groups in total. The highest BCUT2D eigenvalue weighted by Gasteiger charge is 2.21. The Morgan fingerprint density at radius 1 is 1.47 bits per heavy atom. The van der Waals surface area contributed by atoms with Gasteiger partial charge in [0.1, 0.15) is 10.7 Å². The third-order valence-corrected chi connectivity index (χ3v) is 4.82. The summed E-state index contributed by atoms with van der Waals surface area (Å²) in [7, 11) is -3.85.